The Kier molecular flexibility index (Phi) is 7.43. The third-order valence-electron chi connectivity index (χ3n) is 3.79. The molecule has 1 rings (SSSR count). The van der Waals surface area contributed by atoms with Crippen LogP contribution < -0.4 is 22.5 Å². The lowest BCUT2D eigenvalue weighted by Gasteiger charge is -2.27. The minimum atomic E-state index is -1.04. The second-order valence-corrected chi connectivity index (χ2v) is 5.83. The molecule has 0 aromatic carbocycles. The highest BCUT2D eigenvalue weighted by Gasteiger charge is 2.37. The molecule has 0 bridgehead atoms. The molecule has 1 fully saturated rings. The van der Waals surface area contributed by atoms with E-state index >= 15 is 0 Å². The highest BCUT2D eigenvalue weighted by molar-refractivity contribution is 5.92. The Bertz CT molecular complexity index is 503. The van der Waals surface area contributed by atoms with Crippen LogP contribution in [0.15, 0.2) is 4.99 Å². The van der Waals surface area contributed by atoms with Crippen molar-refractivity contribution in [3.05, 3.63) is 0 Å². The first-order valence-electron chi connectivity index (χ1n) is 7.88. The van der Waals surface area contributed by atoms with E-state index in [1.807, 2.05) is 0 Å². The number of guanidine groups is 1. The zero-order valence-electron chi connectivity index (χ0n) is 13.8. The predicted octanol–water partition coefficient (Wildman–Crippen LogP) is -2.05. The van der Waals surface area contributed by atoms with E-state index in [4.69, 9.17) is 17.2 Å². The Morgan fingerprint density at radius 2 is 2.04 bits per heavy atom. The van der Waals surface area contributed by atoms with Gasteiger partial charge >= 0.3 is 5.97 Å². The molecule has 2 amide bonds. The molecular formula is C14H26N6O4. The second-order valence-electron chi connectivity index (χ2n) is 5.83. The molecule has 24 heavy (non-hydrogen) atoms. The number of nitrogens with two attached hydrogens (primary N) is 3. The van der Waals surface area contributed by atoms with E-state index in [1.165, 1.54) is 11.8 Å². The lowest BCUT2D eigenvalue weighted by atomic mass is 10.1. The molecule has 8 N–H and O–H groups in total. The minimum absolute atomic E-state index is 0.0528. The van der Waals surface area contributed by atoms with Gasteiger partial charge in [0.05, 0.1) is 6.04 Å². The molecule has 1 aliphatic heterocycles. The number of aliphatic imine (C=N–C) groups is 1. The van der Waals surface area contributed by atoms with Crippen LogP contribution in [0.5, 0.6) is 0 Å². The number of likely N-dealkylation sites (tertiary alicyclic amines) is 1. The summed E-state index contributed by atoms with van der Waals surface area (Å²) in [5.74, 6) is -1.98. The SMILES string of the molecule is C[C@H](N)C(=O)N[C@@H](CCCN=C(N)N)C(=O)N1CCC[C@@H]1C(=O)O. The van der Waals surface area contributed by atoms with Gasteiger partial charge in [0.1, 0.15) is 12.1 Å². The van der Waals surface area contributed by atoms with Crippen molar-refractivity contribution in [1.82, 2.24) is 10.2 Å². The van der Waals surface area contributed by atoms with Gasteiger partial charge in [0, 0.05) is 13.1 Å². The summed E-state index contributed by atoms with van der Waals surface area (Å²) in [6.45, 7) is 2.17. The first-order valence-corrected chi connectivity index (χ1v) is 7.88. The summed E-state index contributed by atoms with van der Waals surface area (Å²) >= 11 is 0. The van der Waals surface area contributed by atoms with Crippen LogP contribution >= 0.6 is 0 Å². The van der Waals surface area contributed by atoms with Gasteiger partial charge in [-0.15, -0.1) is 0 Å². The normalized spacial score (nSPS) is 19.4. The molecule has 0 saturated carbocycles. The maximum absolute atomic E-state index is 12.7. The summed E-state index contributed by atoms with van der Waals surface area (Å²) in [4.78, 5) is 40.9. The highest BCUT2D eigenvalue weighted by atomic mass is 16.4. The number of carboxylic acids is 1. The maximum atomic E-state index is 12.7. The molecule has 0 unspecified atom stereocenters. The quantitative estimate of drug-likeness (QED) is 0.191. The van der Waals surface area contributed by atoms with Crippen molar-refractivity contribution in [2.24, 2.45) is 22.2 Å². The van der Waals surface area contributed by atoms with E-state index in [-0.39, 0.29) is 12.4 Å². The van der Waals surface area contributed by atoms with E-state index in [2.05, 4.69) is 10.3 Å². The molecule has 10 nitrogen and oxygen atoms in total. The first kappa shape index (κ1) is 19.7. The smallest absolute Gasteiger partial charge is 0.326 e. The number of aliphatic carboxylic acids is 1. The van der Waals surface area contributed by atoms with Gasteiger partial charge in [-0.2, -0.15) is 0 Å². The molecule has 0 aromatic heterocycles. The van der Waals surface area contributed by atoms with E-state index < -0.39 is 35.9 Å². The number of hydrogen-bond acceptors (Lipinski definition) is 5. The average molecular weight is 342 g/mol. The minimum Gasteiger partial charge on any atom is -0.480 e. The van der Waals surface area contributed by atoms with Gasteiger partial charge in [-0.3, -0.25) is 14.6 Å². The molecular weight excluding hydrogens is 316 g/mol. The summed E-state index contributed by atoms with van der Waals surface area (Å²) in [5.41, 5.74) is 16.0. The largest absolute Gasteiger partial charge is 0.480 e. The Balaban J connectivity index is 2.78. The molecule has 136 valence electrons. The van der Waals surface area contributed by atoms with Crippen LogP contribution in [0.3, 0.4) is 0 Å². The van der Waals surface area contributed by atoms with Gasteiger partial charge in [-0.1, -0.05) is 0 Å². The fourth-order valence-electron chi connectivity index (χ4n) is 2.55. The van der Waals surface area contributed by atoms with E-state index in [0.29, 0.717) is 32.4 Å². The van der Waals surface area contributed by atoms with Crippen molar-refractivity contribution in [3.63, 3.8) is 0 Å². The average Bonchev–Trinajstić information content (AvgIpc) is 2.98. The van der Waals surface area contributed by atoms with Gasteiger partial charge in [0.2, 0.25) is 11.8 Å². The third kappa shape index (κ3) is 5.69. The highest BCUT2D eigenvalue weighted by Crippen LogP contribution is 2.19. The van der Waals surface area contributed by atoms with Crippen LogP contribution in [0.25, 0.3) is 0 Å². The van der Waals surface area contributed by atoms with E-state index in [0.717, 1.165) is 0 Å². The van der Waals surface area contributed by atoms with Crippen molar-refractivity contribution in [2.75, 3.05) is 13.1 Å². The Morgan fingerprint density at radius 3 is 2.58 bits per heavy atom. The summed E-state index contributed by atoms with van der Waals surface area (Å²) in [6.07, 6.45) is 1.77. The lowest BCUT2D eigenvalue weighted by Crippen LogP contribution is -2.54. The zero-order valence-corrected chi connectivity index (χ0v) is 13.8. The number of nitrogens with zero attached hydrogens (tertiary/aromatic N) is 2. The van der Waals surface area contributed by atoms with Crippen molar-refractivity contribution < 1.29 is 19.5 Å². The maximum Gasteiger partial charge on any atom is 0.326 e. The number of carbonyl (C=O) groups is 3. The van der Waals surface area contributed by atoms with Crippen molar-refractivity contribution in [1.29, 1.82) is 0 Å². The third-order valence-corrected chi connectivity index (χ3v) is 3.79. The number of amides is 2. The number of carbonyl (C=O) groups excluding carboxylic acids is 2. The molecule has 0 aliphatic carbocycles. The van der Waals surface area contributed by atoms with Crippen molar-refractivity contribution in [3.8, 4) is 0 Å². The van der Waals surface area contributed by atoms with Crippen molar-refractivity contribution in [2.45, 2.75) is 50.7 Å². The molecule has 1 heterocycles. The lowest BCUT2D eigenvalue weighted by molar-refractivity contribution is -0.149. The van der Waals surface area contributed by atoms with Gasteiger partial charge in [-0.05, 0) is 32.6 Å². The zero-order chi connectivity index (χ0) is 18.3. The summed E-state index contributed by atoms with van der Waals surface area (Å²) in [7, 11) is 0. The Labute approximate surface area is 140 Å². The Morgan fingerprint density at radius 1 is 1.38 bits per heavy atom. The van der Waals surface area contributed by atoms with Gasteiger partial charge in [0.25, 0.3) is 0 Å². The topological polar surface area (TPSA) is 177 Å². The van der Waals surface area contributed by atoms with Crippen LogP contribution in [0.4, 0.5) is 0 Å². The van der Waals surface area contributed by atoms with Gasteiger partial charge in [0.15, 0.2) is 5.96 Å². The fraction of sp³-hybridized carbons (Fsp3) is 0.714. The van der Waals surface area contributed by atoms with Crippen LogP contribution in [-0.2, 0) is 14.4 Å². The molecule has 0 aromatic rings. The van der Waals surface area contributed by atoms with Crippen LogP contribution in [0, 0.1) is 0 Å². The standard InChI is InChI=1S/C14H26N6O4/c1-8(15)11(21)19-9(4-2-6-18-14(16)17)12(22)20-7-3-5-10(20)13(23)24/h8-10H,2-7,15H2,1H3,(H,19,21)(H,23,24)(H4,16,17,18)/t8-,9-,10+/m0/s1. The fourth-order valence-corrected chi connectivity index (χ4v) is 2.55. The number of hydrogen-bond donors (Lipinski definition) is 5. The number of carboxylic acid groups (broad SMARTS) is 1. The monoisotopic (exact) mass is 342 g/mol. The number of nitrogens with one attached hydrogen (secondary N) is 1. The molecule has 10 heteroatoms. The molecule has 0 radical (unpaired) electrons. The molecule has 3 atom stereocenters. The van der Waals surface area contributed by atoms with Crippen molar-refractivity contribution >= 4 is 23.7 Å². The van der Waals surface area contributed by atoms with Crippen LogP contribution in [-0.4, -0.2) is 65.0 Å². The first-order chi connectivity index (χ1) is 11.2. The molecule has 1 aliphatic rings. The second kappa shape index (κ2) is 9.06. The summed E-state index contributed by atoms with van der Waals surface area (Å²) in [5, 5.41) is 11.8. The summed E-state index contributed by atoms with van der Waals surface area (Å²) < 4.78 is 0. The van der Waals surface area contributed by atoms with Gasteiger partial charge < -0.3 is 32.5 Å². The van der Waals surface area contributed by atoms with Gasteiger partial charge in [-0.25, -0.2) is 4.79 Å². The van der Waals surface area contributed by atoms with E-state index in [9.17, 15) is 19.5 Å². The van der Waals surface area contributed by atoms with E-state index in [1.54, 1.807) is 0 Å². The molecule has 1 saturated heterocycles. The number of rotatable bonds is 8. The predicted molar refractivity (Wildman–Crippen MR) is 87.9 cm³/mol. The van der Waals surface area contributed by atoms with Crippen LogP contribution in [0.1, 0.15) is 32.6 Å². The van der Waals surface area contributed by atoms with Crippen LogP contribution in [0.2, 0.25) is 0 Å². The Hall–Kier alpha value is -2.36. The summed E-state index contributed by atoms with van der Waals surface area (Å²) in [6, 6.07) is -2.48. The molecule has 0 spiro atoms.